The molecule has 0 fully saturated rings. The van der Waals surface area contributed by atoms with Gasteiger partial charge in [-0.1, -0.05) is 57.2 Å². The van der Waals surface area contributed by atoms with E-state index in [1.807, 2.05) is 24.3 Å². The lowest BCUT2D eigenvalue weighted by atomic mass is 9.86. The highest BCUT2D eigenvalue weighted by atomic mass is 32.2. The molecule has 0 aromatic heterocycles. The summed E-state index contributed by atoms with van der Waals surface area (Å²) in [5, 5.41) is 4.14. The number of nitrogens with zero attached hydrogens (tertiary/aromatic N) is 2. The van der Waals surface area contributed by atoms with Crippen LogP contribution >= 0.6 is 0 Å². The average Bonchev–Trinajstić information content (AvgIpc) is 2.70. The number of ether oxygens (including phenoxy) is 1. The van der Waals surface area contributed by atoms with Crippen LogP contribution in [0.25, 0.3) is 0 Å². The monoisotopic (exact) mass is 445 g/mol. The smallest absolute Gasteiger partial charge is 0.260 e. The van der Waals surface area contributed by atoms with E-state index >= 15 is 0 Å². The quantitative estimate of drug-likeness (QED) is 0.496. The van der Waals surface area contributed by atoms with Crippen LogP contribution in [-0.2, 0) is 20.2 Å². The van der Waals surface area contributed by atoms with Crippen LogP contribution in [0.2, 0.25) is 0 Å². The van der Waals surface area contributed by atoms with Crippen LogP contribution in [0, 0.1) is 0 Å². The molecule has 0 radical (unpaired) electrons. The first-order valence-corrected chi connectivity index (χ1v) is 11.9. The highest BCUT2D eigenvalue weighted by Crippen LogP contribution is 2.29. The lowest BCUT2D eigenvalue weighted by Crippen LogP contribution is -2.39. The number of rotatable bonds is 8. The van der Waals surface area contributed by atoms with E-state index in [0.29, 0.717) is 23.8 Å². The Balaban J connectivity index is 2.17. The number of anilines is 1. The van der Waals surface area contributed by atoms with Gasteiger partial charge in [0.05, 0.1) is 24.3 Å². The number of sulfonamides is 1. The molecule has 0 heterocycles. The summed E-state index contributed by atoms with van der Waals surface area (Å²) < 4.78 is 31.2. The van der Waals surface area contributed by atoms with E-state index in [1.54, 1.807) is 38.1 Å². The van der Waals surface area contributed by atoms with Gasteiger partial charge in [-0.05, 0) is 42.5 Å². The minimum absolute atomic E-state index is 0.0463. The first kappa shape index (κ1) is 24.4. The molecule has 2 rings (SSSR count). The van der Waals surface area contributed by atoms with Gasteiger partial charge in [-0.25, -0.2) is 13.8 Å². The predicted octanol–water partition coefficient (Wildman–Crippen LogP) is 3.69. The molecular formula is C23H31N3O4S. The number of benzene rings is 2. The van der Waals surface area contributed by atoms with Crippen molar-refractivity contribution in [3.05, 3.63) is 59.7 Å². The molecule has 8 heteroatoms. The summed E-state index contributed by atoms with van der Waals surface area (Å²) in [6, 6.07) is 14.7. The fraction of sp³-hybridized carbons (Fsp3) is 0.391. The summed E-state index contributed by atoms with van der Waals surface area (Å²) in [6.45, 7) is 9.97. The maximum atomic E-state index is 12.5. The summed E-state index contributed by atoms with van der Waals surface area (Å²) >= 11 is 0. The molecule has 168 valence electrons. The SMILES string of the molecule is CCOc1ccccc1N(CC(=O)N/N=C(/C)c1ccc(C(C)(C)C)cc1)S(C)(=O)=O. The highest BCUT2D eigenvalue weighted by Gasteiger charge is 2.24. The summed E-state index contributed by atoms with van der Waals surface area (Å²) in [4.78, 5) is 12.5. The highest BCUT2D eigenvalue weighted by molar-refractivity contribution is 7.92. The van der Waals surface area contributed by atoms with Gasteiger partial charge < -0.3 is 4.74 Å². The van der Waals surface area contributed by atoms with Crippen LogP contribution in [0.4, 0.5) is 5.69 Å². The maximum absolute atomic E-state index is 12.5. The number of hydrogen-bond donors (Lipinski definition) is 1. The lowest BCUT2D eigenvalue weighted by molar-refractivity contribution is -0.119. The van der Waals surface area contributed by atoms with Gasteiger partial charge in [0.15, 0.2) is 0 Å². The minimum atomic E-state index is -3.72. The van der Waals surface area contributed by atoms with Crippen LogP contribution < -0.4 is 14.5 Å². The van der Waals surface area contributed by atoms with Crippen LogP contribution in [0.5, 0.6) is 5.75 Å². The zero-order valence-electron chi connectivity index (χ0n) is 19.0. The lowest BCUT2D eigenvalue weighted by Gasteiger charge is -2.23. The van der Waals surface area contributed by atoms with Crippen molar-refractivity contribution in [2.75, 3.05) is 23.7 Å². The fourth-order valence-electron chi connectivity index (χ4n) is 2.91. The molecule has 0 aliphatic rings. The maximum Gasteiger partial charge on any atom is 0.260 e. The molecule has 0 atom stereocenters. The number of hydrazone groups is 1. The summed E-state index contributed by atoms with van der Waals surface area (Å²) in [5.74, 6) is -0.163. The minimum Gasteiger partial charge on any atom is -0.492 e. The Morgan fingerprint density at radius 2 is 1.71 bits per heavy atom. The predicted molar refractivity (Wildman–Crippen MR) is 125 cm³/mol. The molecule has 0 saturated carbocycles. The van der Waals surface area contributed by atoms with Crippen molar-refractivity contribution in [1.29, 1.82) is 0 Å². The summed E-state index contributed by atoms with van der Waals surface area (Å²) in [6.07, 6.45) is 1.05. The van der Waals surface area contributed by atoms with E-state index in [9.17, 15) is 13.2 Å². The molecule has 0 spiro atoms. The number of nitrogens with one attached hydrogen (secondary N) is 1. The molecule has 1 N–H and O–H groups in total. The van der Waals surface area contributed by atoms with Crippen molar-refractivity contribution in [2.24, 2.45) is 5.10 Å². The molecule has 7 nitrogen and oxygen atoms in total. The van der Waals surface area contributed by atoms with Crippen LogP contribution in [0.15, 0.2) is 53.6 Å². The Bertz CT molecular complexity index is 1040. The van der Waals surface area contributed by atoms with E-state index in [-0.39, 0.29) is 5.41 Å². The number of hydrogen-bond acceptors (Lipinski definition) is 5. The molecular weight excluding hydrogens is 414 g/mol. The van der Waals surface area contributed by atoms with Crippen molar-refractivity contribution >= 4 is 27.3 Å². The third-order valence-electron chi connectivity index (χ3n) is 4.64. The topological polar surface area (TPSA) is 88.1 Å². The van der Waals surface area contributed by atoms with Gasteiger partial charge in [-0.3, -0.25) is 9.10 Å². The zero-order chi connectivity index (χ0) is 23.2. The first-order chi connectivity index (χ1) is 14.4. The number of carbonyl (C=O) groups excluding carboxylic acids is 1. The second-order valence-electron chi connectivity index (χ2n) is 8.23. The molecule has 0 saturated heterocycles. The van der Waals surface area contributed by atoms with E-state index in [1.165, 1.54) is 5.56 Å². The average molecular weight is 446 g/mol. The van der Waals surface area contributed by atoms with Gasteiger partial charge in [0, 0.05) is 0 Å². The normalized spacial score (nSPS) is 12.4. The fourth-order valence-corrected chi connectivity index (χ4v) is 3.77. The molecule has 0 unspecified atom stereocenters. The number of para-hydroxylation sites is 2. The van der Waals surface area contributed by atoms with Crippen molar-refractivity contribution in [3.8, 4) is 5.75 Å². The second kappa shape index (κ2) is 9.96. The second-order valence-corrected chi connectivity index (χ2v) is 10.1. The van der Waals surface area contributed by atoms with Crippen molar-refractivity contribution in [1.82, 2.24) is 5.43 Å². The van der Waals surface area contributed by atoms with Gasteiger partial charge in [0.2, 0.25) is 10.0 Å². The van der Waals surface area contributed by atoms with Gasteiger partial charge in [-0.15, -0.1) is 0 Å². The molecule has 1 amide bonds. The van der Waals surface area contributed by atoms with E-state index in [2.05, 4.69) is 31.3 Å². The van der Waals surface area contributed by atoms with Crippen LogP contribution in [0.3, 0.4) is 0 Å². The Morgan fingerprint density at radius 1 is 1.10 bits per heavy atom. The Labute approximate surface area is 185 Å². The van der Waals surface area contributed by atoms with E-state index in [0.717, 1.165) is 16.1 Å². The zero-order valence-corrected chi connectivity index (χ0v) is 19.8. The van der Waals surface area contributed by atoms with E-state index in [4.69, 9.17) is 4.74 Å². The van der Waals surface area contributed by atoms with Gasteiger partial charge in [0.25, 0.3) is 5.91 Å². The number of amides is 1. The van der Waals surface area contributed by atoms with Crippen molar-refractivity contribution in [3.63, 3.8) is 0 Å². The number of carbonyl (C=O) groups is 1. The molecule has 2 aromatic rings. The molecule has 31 heavy (non-hydrogen) atoms. The first-order valence-electron chi connectivity index (χ1n) is 10.1. The van der Waals surface area contributed by atoms with Gasteiger partial charge in [-0.2, -0.15) is 5.10 Å². The Morgan fingerprint density at radius 3 is 2.26 bits per heavy atom. The third-order valence-corrected chi connectivity index (χ3v) is 5.76. The Hall–Kier alpha value is -2.87. The summed E-state index contributed by atoms with van der Waals surface area (Å²) in [5.41, 5.74) is 5.49. The van der Waals surface area contributed by atoms with Crippen LogP contribution in [0.1, 0.15) is 45.7 Å². The largest absolute Gasteiger partial charge is 0.492 e. The van der Waals surface area contributed by atoms with Crippen molar-refractivity contribution in [2.45, 2.75) is 40.0 Å². The van der Waals surface area contributed by atoms with E-state index < -0.39 is 22.5 Å². The molecule has 2 aromatic carbocycles. The Kier molecular flexibility index (Phi) is 7.84. The van der Waals surface area contributed by atoms with Crippen molar-refractivity contribution < 1.29 is 17.9 Å². The molecule has 0 bridgehead atoms. The third kappa shape index (κ3) is 6.82. The van der Waals surface area contributed by atoms with Crippen LogP contribution in [-0.4, -0.2) is 39.4 Å². The standard InChI is InChI=1S/C23H31N3O4S/c1-7-30-21-11-9-8-10-20(21)26(31(6,28)29)16-22(27)25-24-17(2)18-12-14-19(15-13-18)23(3,4)5/h8-15H,7,16H2,1-6H3,(H,25,27)/b24-17-. The molecule has 0 aliphatic carbocycles. The molecule has 0 aliphatic heterocycles. The summed E-state index contributed by atoms with van der Waals surface area (Å²) in [7, 11) is -3.72. The van der Waals surface area contributed by atoms with Gasteiger partial charge in [0.1, 0.15) is 12.3 Å². The van der Waals surface area contributed by atoms with Gasteiger partial charge >= 0.3 is 0 Å².